The molecule has 4 nitrogen and oxygen atoms in total. The molecule has 0 fully saturated rings. The molecule has 32 heavy (non-hydrogen) atoms. The molecule has 0 amide bonds. The van der Waals surface area contributed by atoms with Crippen molar-refractivity contribution in [1.29, 1.82) is 0 Å². The van der Waals surface area contributed by atoms with Gasteiger partial charge in [0.05, 0.1) is 28.0 Å². The van der Waals surface area contributed by atoms with Crippen LogP contribution < -0.4 is 0 Å². The minimum absolute atomic E-state index is 0.0623. The van der Waals surface area contributed by atoms with Crippen molar-refractivity contribution < 1.29 is 18.3 Å². The first-order valence-corrected chi connectivity index (χ1v) is 10.4. The highest BCUT2D eigenvalue weighted by atomic mass is 35.5. The quantitative estimate of drug-likeness (QED) is 0.294. The van der Waals surface area contributed by atoms with Crippen LogP contribution in [0.4, 0.5) is 8.78 Å². The van der Waals surface area contributed by atoms with Crippen LogP contribution in [-0.2, 0) is 4.74 Å². The van der Waals surface area contributed by atoms with E-state index in [-0.39, 0.29) is 39.6 Å². The summed E-state index contributed by atoms with van der Waals surface area (Å²) in [6, 6.07) is 17.4. The lowest BCUT2D eigenvalue weighted by Gasteiger charge is -2.15. The van der Waals surface area contributed by atoms with E-state index in [2.05, 4.69) is 4.98 Å². The van der Waals surface area contributed by atoms with E-state index in [1.54, 1.807) is 37.3 Å². The van der Waals surface area contributed by atoms with Gasteiger partial charge < -0.3 is 4.74 Å². The van der Waals surface area contributed by atoms with Gasteiger partial charge in [-0.25, -0.2) is 18.6 Å². The van der Waals surface area contributed by atoms with Crippen molar-refractivity contribution in [2.24, 2.45) is 0 Å². The zero-order chi connectivity index (χ0) is 22.8. The summed E-state index contributed by atoms with van der Waals surface area (Å²) in [4.78, 5) is 17.4. The van der Waals surface area contributed by atoms with Crippen LogP contribution in [0.1, 0.15) is 17.4 Å². The fraction of sp³-hybridized carbons (Fsp3) is 0.0833. The minimum atomic E-state index is -0.707. The molecule has 0 saturated heterocycles. The molecule has 0 bridgehead atoms. The maximum atomic E-state index is 15.2. The van der Waals surface area contributed by atoms with E-state index in [1.165, 1.54) is 34.9 Å². The normalized spacial score (nSPS) is 10.9. The Hall–Kier alpha value is -3.22. The third-order valence-electron chi connectivity index (χ3n) is 4.74. The van der Waals surface area contributed by atoms with E-state index in [1.807, 2.05) is 6.07 Å². The molecule has 0 spiro atoms. The van der Waals surface area contributed by atoms with Crippen LogP contribution in [0, 0.1) is 11.6 Å². The summed E-state index contributed by atoms with van der Waals surface area (Å²) < 4.78 is 35.7. The Labute approximate surface area is 193 Å². The Morgan fingerprint density at radius 2 is 1.72 bits per heavy atom. The minimum Gasteiger partial charge on any atom is -0.461 e. The summed E-state index contributed by atoms with van der Waals surface area (Å²) in [6.45, 7) is 1.78. The second-order valence-corrected chi connectivity index (χ2v) is 7.57. The number of rotatable bonds is 5. The average Bonchev–Trinajstić information content (AvgIpc) is 3.19. The third-order valence-corrected chi connectivity index (χ3v) is 5.32. The van der Waals surface area contributed by atoms with Crippen LogP contribution in [0.15, 0.2) is 66.7 Å². The highest BCUT2D eigenvalue weighted by Crippen LogP contribution is 2.37. The number of halogens is 4. The number of benzene rings is 3. The van der Waals surface area contributed by atoms with Gasteiger partial charge in [0.2, 0.25) is 0 Å². The van der Waals surface area contributed by atoms with Gasteiger partial charge in [-0.2, -0.15) is 0 Å². The average molecular weight is 473 g/mol. The predicted molar refractivity (Wildman–Crippen MR) is 120 cm³/mol. The fourth-order valence-electron chi connectivity index (χ4n) is 3.35. The van der Waals surface area contributed by atoms with Gasteiger partial charge in [-0.1, -0.05) is 59.6 Å². The molecule has 1 heterocycles. The number of esters is 1. The topological polar surface area (TPSA) is 44.1 Å². The molecule has 0 aliphatic heterocycles. The Bertz CT molecular complexity index is 1310. The molecule has 0 aliphatic rings. The summed E-state index contributed by atoms with van der Waals surface area (Å²) in [7, 11) is 0. The summed E-state index contributed by atoms with van der Waals surface area (Å²) in [5.74, 6) is -1.75. The molecule has 4 rings (SSSR count). The van der Waals surface area contributed by atoms with E-state index in [4.69, 9.17) is 27.9 Å². The van der Waals surface area contributed by atoms with E-state index >= 15 is 4.39 Å². The van der Waals surface area contributed by atoms with Crippen molar-refractivity contribution in [2.45, 2.75) is 6.92 Å². The van der Waals surface area contributed by atoms with Crippen molar-refractivity contribution >= 4 is 29.2 Å². The molecule has 0 radical (unpaired) electrons. The standard InChI is InChI=1S/C24H16Cl2F2N2O2/c1-2-32-24(31)21-22(15-11-12-18(27)17(26)13-15)30(19-10-6-9-16(25)20(19)28)23(29-21)14-7-4-3-5-8-14/h3-13H,2H2,1H3. The van der Waals surface area contributed by atoms with Gasteiger partial charge >= 0.3 is 5.97 Å². The molecule has 8 heteroatoms. The van der Waals surface area contributed by atoms with Crippen LogP contribution in [-0.4, -0.2) is 22.1 Å². The van der Waals surface area contributed by atoms with E-state index in [0.717, 1.165) is 0 Å². The lowest BCUT2D eigenvalue weighted by atomic mass is 10.1. The molecule has 0 aliphatic carbocycles. The first kappa shape index (κ1) is 22.0. The summed E-state index contributed by atoms with van der Waals surface area (Å²) in [5, 5.41) is -0.256. The van der Waals surface area contributed by atoms with Gasteiger partial charge in [-0.3, -0.25) is 4.57 Å². The monoisotopic (exact) mass is 472 g/mol. The summed E-state index contributed by atoms with van der Waals surface area (Å²) >= 11 is 12.1. The number of carbonyl (C=O) groups is 1. The lowest BCUT2D eigenvalue weighted by molar-refractivity contribution is 0.0521. The van der Waals surface area contributed by atoms with Crippen molar-refractivity contribution in [3.8, 4) is 28.3 Å². The molecule has 3 aromatic carbocycles. The number of aromatic nitrogens is 2. The Morgan fingerprint density at radius 1 is 0.969 bits per heavy atom. The fourth-order valence-corrected chi connectivity index (χ4v) is 3.70. The number of ether oxygens (including phenoxy) is 1. The Morgan fingerprint density at radius 3 is 2.41 bits per heavy atom. The van der Waals surface area contributed by atoms with Gasteiger partial charge in [0.25, 0.3) is 0 Å². The Balaban J connectivity index is 2.13. The molecule has 0 saturated carbocycles. The number of nitrogens with zero attached hydrogens (tertiary/aromatic N) is 2. The zero-order valence-corrected chi connectivity index (χ0v) is 18.3. The van der Waals surface area contributed by atoms with Gasteiger partial charge in [0.15, 0.2) is 11.5 Å². The van der Waals surface area contributed by atoms with Crippen LogP contribution in [0.3, 0.4) is 0 Å². The molecule has 1 aromatic heterocycles. The first-order valence-electron chi connectivity index (χ1n) is 9.67. The van der Waals surface area contributed by atoms with Crippen molar-refractivity contribution in [1.82, 2.24) is 9.55 Å². The molecule has 4 aromatic rings. The highest BCUT2D eigenvalue weighted by Gasteiger charge is 2.28. The van der Waals surface area contributed by atoms with E-state index in [9.17, 15) is 9.18 Å². The molecule has 0 atom stereocenters. The van der Waals surface area contributed by atoms with Crippen LogP contribution in [0.5, 0.6) is 0 Å². The smallest absolute Gasteiger partial charge is 0.359 e. The second kappa shape index (κ2) is 9.10. The van der Waals surface area contributed by atoms with Gasteiger partial charge in [-0.15, -0.1) is 0 Å². The third kappa shape index (κ3) is 3.99. The predicted octanol–water partition coefficient (Wildman–Crippen LogP) is 6.97. The molecular weight excluding hydrogens is 457 g/mol. The van der Waals surface area contributed by atoms with Gasteiger partial charge in [0.1, 0.15) is 11.6 Å². The Kier molecular flexibility index (Phi) is 6.26. The number of hydrogen-bond acceptors (Lipinski definition) is 3. The van der Waals surface area contributed by atoms with Crippen molar-refractivity contribution in [2.75, 3.05) is 6.61 Å². The molecule has 0 N–H and O–H groups in total. The SMILES string of the molecule is CCOC(=O)c1nc(-c2ccccc2)n(-c2cccc(Cl)c2F)c1-c1ccc(F)c(Cl)c1. The number of carbonyl (C=O) groups excluding carboxylic acids is 1. The largest absolute Gasteiger partial charge is 0.461 e. The number of hydrogen-bond donors (Lipinski definition) is 0. The van der Waals surface area contributed by atoms with Crippen molar-refractivity contribution in [3.63, 3.8) is 0 Å². The summed E-state index contributed by atoms with van der Waals surface area (Å²) in [6.07, 6.45) is 0. The second-order valence-electron chi connectivity index (χ2n) is 6.76. The maximum absolute atomic E-state index is 15.2. The molecular formula is C24H16Cl2F2N2O2. The molecule has 0 unspecified atom stereocenters. The molecule has 162 valence electrons. The van der Waals surface area contributed by atoms with E-state index in [0.29, 0.717) is 11.1 Å². The lowest BCUT2D eigenvalue weighted by Crippen LogP contribution is -2.08. The van der Waals surface area contributed by atoms with Crippen LogP contribution >= 0.6 is 23.2 Å². The highest BCUT2D eigenvalue weighted by molar-refractivity contribution is 6.31. The van der Waals surface area contributed by atoms with Crippen LogP contribution in [0.2, 0.25) is 10.0 Å². The van der Waals surface area contributed by atoms with Crippen LogP contribution in [0.25, 0.3) is 28.3 Å². The van der Waals surface area contributed by atoms with Gasteiger partial charge in [0, 0.05) is 11.1 Å². The summed E-state index contributed by atoms with van der Waals surface area (Å²) in [5.41, 5.74) is 1.18. The number of imidazole rings is 1. The maximum Gasteiger partial charge on any atom is 0.359 e. The van der Waals surface area contributed by atoms with E-state index < -0.39 is 17.6 Å². The zero-order valence-electron chi connectivity index (χ0n) is 16.8. The first-order chi connectivity index (χ1) is 15.4. The van der Waals surface area contributed by atoms with Gasteiger partial charge in [-0.05, 0) is 37.3 Å². The van der Waals surface area contributed by atoms with Crippen molar-refractivity contribution in [3.05, 3.63) is 94.1 Å².